The lowest BCUT2D eigenvalue weighted by molar-refractivity contribution is -0.127. The van der Waals surface area contributed by atoms with Crippen molar-refractivity contribution in [2.24, 2.45) is 0 Å². The van der Waals surface area contributed by atoms with E-state index in [9.17, 15) is 9.59 Å². The Morgan fingerprint density at radius 2 is 2.03 bits per heavy atom. The smallest absolute Gasteiger partial charge is 0.276 e. The first-order valence-corrected chi connectivity index (χ1v) is 11.0. The number of nitrogens with one attached hydrogen (secondary N) is 1. The molecule has 1 aromatic heterocycles. The van der Waals surface area contributed by atoms with Crippen LogP contribution in [0.2, 0.25) is 0 Å². The van der Waals surface area contributed by atoms with Gasteiger partial charge in [-0.1, -0.05) is 5.16 Å². The molecule has 0 aliphatic carbocycles. The molecule has 2 fully saturated rings. The predicted molar refractivity (Wildman–Crippen MR) is 116 cm³/mol. The van der Waals surface area contributed by atoms with Crippen molar-refractivity contribution in [3.05, 3.63) is 30.0 Å². The third-order valence-electron chi connectivity index (χ3n) is 6.00. The molecule has 9 nitrogen and oxygen atoms in total. The summed E-state index contributed by atoms with van der Waals surface area (Å²) in [7, 11) is 3.13. The third kappa shape index (κ3) is 4.72. The van der Waals surface area contributed by atoms with Crippen molar-refractivity contribution >= 4 is 11.8 Å². The molecule has 2 aliphatic rings. The van der Waals surface area contributed by atoms with Crippen LogP contribution in [-0.4, -0.2) is 67.9 Å². The molecule has 2 amide bonds. The van der Waals surface area contributed by atoms with E-state index in [0.29, 0.717) is 42.3 Å². The van der Waals surface area contributed by atoms with E-state index in [1.165, 1.54) is 0 Å². The summed E-state index contributed by atoms with van der Waals surface area (Å²) in [5.74, 6) is 1.13. The first-order chi connectivity index (χ1) is 15.6. The molecule has 1 aromatic carbocycles. The number of rotatable bonds is 7. The van der Waals surface area contributed by atoms with Crippen molar-refractivity contribution in [1.29, 1.82) is 0 Å². The van der Waals surface area contributed by atoms with E-state index >= 15 is 0 Å². The first-order valence-electron chi connectivity index (χ1n) is 11.0. The highest BCUT2D eigenvalue weighted by molar-refractivity contribution is 5.97. The number of methoxy groups -OCH3 is 2. The van der Waals surface area contributed by atoms with Gasteiger partial charge in [-0.2, -0.15) is 0 Å². The molecule has 1 N–H and O–H groups in total. The number of benzene rings is 1. The fraction of sp³-hybridized carbons (Fsp3) is 0.522. The Labute approximate surface area is 187 Å². The van der Waals surface area contributed by atoms with Gasteiger partial charge < -0.3 is 29.0 Å². The highest BCUT2D eigenvalue weighted by atomic mass is 16.5. The van der Waals surface area contributed by atoms with E-state index in [0.717, 1.165) is 32.3 Å². The second kappa shape index (κ2) is 10.0. The fourth-order valence-electron chi connectivity index (χ4n) is 4.24. The van der Waals surface area contributed by atoms with Gasteiger partial charge in [0.25, 0.3) is 5.91 Å². The number of amides is 2. The fourth-order valence-corrected chi connectivity index (χ4v) is 4.24. The summed E-state index contributed by atoms with van der Waals surface area (Å²) in [6.07, 6.45) is 4.38. The van der Waals surface area contributed by atoms with Crippen LogP contribution in [0.3, 0.4) is 0 Å². The maximum Gasteiger partial charge on any atom is 0.276 e. The van der Waals surface area contributed by atoms with Gasteiger partial charge in [-0.3, -0.25) is 9.59 Å². The zero-order valence-electron chi connectivity index (χ0n) is 18.5. The molecule has 2 saturated heterocycles. The van der Waals surface area contributed by atoms with Crippen LogP contribution in [0.1, 0.15) is 42.6 Å². The number of ether oxygens (including phenoxy) is 3. The number of likely N-dealkylation sites (tertiary alicyclic amines) is 1. The highest BCUT2D eigenvalue weighted by Gasteiger charge is 2.34. The Kier molecular flexibility index (Phi) is 6.94. The van der Waals surface area contributed by atoms with Crippen molar-refractivity contribution in [2.45, 2.75) is 44.2 Å². The van der Waals surface area contributed by atoms with Crippen molar-refractivity contribution in [1.82, 2.24) is 15.4 Å². The van der Waals surface area contributed by atoms with E-state index < -0.39 is 6.04 Å². The van der Waals surface area contributed by atoms with E-state index in [-0.39, 0.29) is 23.6 Å². The third-order valence-corrected chi connectivity index (χ3v) is 6.00. The van der Waals surface area contributed by atoms with Gasteiger partial charge in [0.1, 0.15) is 17.5 Å². The van der Waals surface area contributed by atoms with Crippen LogP contribution in [0.5, 0.6) is 11.5 Å². The molecule has 0 bridgehead atoms. The van der Waals surface area contributed by atoms with Gasteiger partial charge >= 0.3 is 0 Å². The first kappa shape index (κ1) is 22.1. The van der Waals surface area contributed by atoms with Crippen LogP contribution < -0.4 is 14.8 Å². The molecule has 0 radical (unpaired) electrons. The molecular formula is C23H29N3O6. The van der Waals surface area contributed by atoms with Gasteiger partial charge in [0.05, 0.1) is 25.9 Å². The molecule has 2 aliphatic heterocycles. The normalized spacial score (nSPS) is 20.8. The molecule has 0 saturated carbocycles. The van der Waals surface area contributed by atoms with Crippen LogP contribution in [0.4, 0.5) is 0 Å². The molecule has 9 heteroatoms. The minimum absolute atomic E-state index is 0.0580. The maximum atomic E-state index is 13.2. The number of hydrogen-bond acceptors (Lipinski definition) is 7. The number of hydrogen-bond donors (Lipinski definition) is 1. The van der Waals surface area contributed by atoms with Gasteiger partial charge in [0, 0.05) is 25.8 Å². The minimum atomic E-state index is -0.524. The summed E-state index contributed by atoms with van der Waals surface area (Å²) >= 11 is 0. The van der Waals surface area contributed by atoms with Gasteiger partial charge in [-0.25, -0.2) is 0 Å². The Bertz CT molecular complexity index is 953. The Balaban J connectivity index is 1.49. The average Bonchev–Trinajstić information content (AvgIpc) is 3.54. The molecular weight excluding hydrogens is 414 g/mol. The summed E-state index contributed by atoms with van der Waals surface area (Å²) in [4.78, 5) is 27.7. The van der Waals surface area contributed by atoms with E-state index in [2.05, 4.69) is 10.5 Å². The molecule has 3 heterocycles. The van der Waals surface area contributed by atoms with Crippen LogP contribution >= 0.6 is 0 Å². The summed E-state index contributed by atoms with van der Waals surface area (Å²) in [5, 5.41) is 6.94. The molecule has 0 spiro atoms. The second-order valence-electron chi connectivity index (χ2n) is 8.03. The van der Waals surface area contributed by atoms with Gasteiger partial charge in [-0.05, 0) is 50.3 Å². The number of nitrogens with zero attached hydrogens (tertiary/aromatic N) is 2. The molecule has 32 heavy (non-hydrogen) atoms. The van der Waals surface area contributed by atoms with Gasteiger partial charge in [-0.15, -0.1) is 0 Å². The molecule has 4 rings (SSSR count). The SMILES string of the molecule is COc1ccc(OC)c(-c2cc(C(=O)N3CCCC[C@H]3C(=O)NC[C@@H]3CCCO3)no2)c1. The van der Waals surface area contributed by atoms with Crippen LogP contribution in [-0.2, 0) is 9.53 Å². The Morgan fingerprint density at radius 3 is 2.78 bits per heavy atom. The van der Waals surface area contributed by atoms with E-state index in [4.69, 9.17) is 18.7 Å². The van der Waals surface area contributed by atoms with Crippen molar-refractivity contribution < 1.29 is 28.3 Å². The zero-order valence-corrected chi connectivity index (χ0v) is 18.5. The summed E-state index contributed by atoms with van der Waals surface area (Å²) in [6.45, 7) is 1.71. The van der Waals surface area contributed by atoms with Crippen molar-refractivity contribution in [3.63, 3.8) is 0 Å². The van der Waals surface area contributed by atoms with Crippen LogP contribution in [0, 0.1) is 0 Å². The summed E-state index contributed by atoms with van der Waals surface area (Å²) in [5.41, 5.74) is 0.784. The van der Waals surface area contributed by atoms with Crippen molar-refractivity contribution in [3.8, 4) is 22.8 Å². The van der Waals surface area contributed by atoms with E-state index in [1.54, 1.807) is 43.4 Å². The molecule has 2 atom stereocenters. The standard InChI is InChI=1S/C23H29N3O6/c1-29-15-8-9-20(30-2)17(12-15)21-13-18(25-32-21)23(28)26-10-4-3-7-19(26)22(27)24-14-16-6-5-11-31-16/h8-9,12-13,16,19H,3-7,10-11,14H2,1-2H3,(H,24,27)/t16-,19-/m0/s1. The summed E-state index contributed by atoms with van der Waals surface area (Å²) < 4.78 is 21.7. The number of carbonyl (C=O) groups is 2. The Morgan fingerprint density at radius 1 is 1.16 bits per heavy atom. The monoisotopic (exact) mass is 443 g/mol. The predicted octanol–water partition coefficient (Wildman–Crippen LogP) is 2.65. The topological polar surface area (TPSA) is 103 Å². The second-order valence-corrected chi connectivity index (χ2v) is 8.03. The number of piperidine rings is 1. The van der Waals surface area contributed by atoms with Crippen LogP contribution in [0.15, 0.2) is 28.8 Å². The lowest BCUT2D eigenvalue weighted by Crippen LogP contribution is -2.52. The van der Waals surface area contributed by atoms with Crippen LogP contribution in [0.25, 0.3) is 11.3 Å². The van der Waals surface area contributed by atoms with Crippen molar-refractivity contribution in [2.75, 3.05) is 33.9 Å². The number of carbonyl (C=O) groups excluding carboxylic acids is 2. The summed E-state index contributed by atoms with van der Waals surface area (Å²) in [6, 6.07) is 6.35. The molecule has 2 aromatic rings. The Hall–Kier alpha value is -3.07. The maximum absolute atomic E-state index is 13.2. The largest absolute Gasteiger partial charge is 0.497 e. The molecule has 0 unspecified atom stereocenters. The zero-order chi connectivity index (χ0) is 22.5. The lowest BCUT2D eigenvalue weighted by atomic mass is 10.0. The highest BCUT2D eigenvalue weighted by Crippen LogP contribution is 2.34. The lowest BCUT2D eigenvalue weighted by Gasteiger charge is -2.34. The molecule has 172 valence electrons. The quantitative estimate of drug-likeness (QED) is 0.702. The minimum Gasteiger partial charge on any atom is -0.497 e. The van der Waals surface area contributed by atoms with Gasteiger partial charge in [0.15, 0.2) is 11.5 Å². The number of aromatic nitrogens is 1. The van der Waals surface area contributed by atoms with E-state index in [1.807, 2.05) is 0 Å². The average molecular weight is 444 g/mol. The van der Waals surface area contributed by atoms with Gasteiger partial charge in [0.2, 0.25) is 5.91 Å².